The summed E-state index contributed by atoms with van der Waals surface area (Å²) in [4.78, 5) is 12.4. The topological polar surface area (TPSA) is 67.2 Å². The highest BCUT2D eigenvalue weighted by Crippen LogP contribution is 2.29. The lowest BCUT2D eigenvalue weighted by Crippen LogP contribution is -2.52. The number of carbonyl (C=O) groups is 1. The molecular formula is C16H23N3O. The maximum absolute atomic E-state index is 12.4. The van der Waals surface area contributed by atoms with Gasteiger partial charge in [-0.1, -0.05) is 19.3 Å². The second kappa shape index (κ2) is 5.44. The van der Waals surface area contributed by atoms with Crippen LogP contribution in [0.2, 0.25) is 0 Å². The summed E-state index contributed by atoms with van der Waals surface area (Å²) in [5.74, 6) is -0.0269. The highest BCUT2D eigenvalue weighted by molar-refractivity contribution is 5.98. The van der Waals surface area contributed by atoms with E-state index in [0.717, 1.165) is 50.8 Å². The summed E-state index contributed by atoms with van der Waals surface area (Å²) in [7, 11) is 0. The molecule has 3 rings (SSSR count). The monoisotopic (exact) mass is 273 g/mol. The van der Waals surface area contributed by atoms with Gasteiger partial charge >= 0.3 is 0 Å². The van der Waals surface area contributed by atoms with Crippen molar-refractivity contribution in [2.45, 2.75) is 50.5 Å². The number of anilines is 2. The van der Waals surface area contributed by atoms with E-state index in [1.165, 1.54) is 17.7 Å². The van der Waals surface area contributed by atoms with Crippen molar-refractivity contribution in [3.8, 4) is 0 Å². The summed E-state index contributed by atoms with van der Waals surface area (Å²) >= 11 is 0. The van der Waals surface area contributed by atoms with Crippen molar-refractivity contribution in [2.24, 2.45) is 5.73 Å². The van der Waals surface area contributed by atoms with Crippen molar-refractivity contribution >= 4 is 17.3 Å². The number of hydrogen-bond acceptors (Lipinski definition) is 3. The lowest BCUT2D eigenvalue weighted by Gasteiger charge is -2.32. The van der Waals surface area contributed by atoms with Gasteiger partial charge in [-0.2, -0.15) is 0 Å². The Morgan fingerprint density at radius 2 is 2.00 bits per heavy atom. The van der Waals surface area contributed by atoms with Gasteiger partial charge in [0.05, 0.1) is 5.54 Å². The molecule has 1 saturated carbocycles. The first-order chi connectivity index (χ1) is 9.67. The third kappa shape index (κ3) is 2.66. The van der Waals surface area contributed by atoms with Crippen LogP contribution in [-0.4, -0.2) is 18.0 Å². The Balaban J connectivity index is 1.72. The molecule has 0 unspecified atom stereocenters. The second-order valence-electron chi connectivity index (χ2n) is 6.07. The summed E-state index contributed by atoms with van der Waals surface area (Å²) < 4.78 is 0. The first kappa shape index (κ1) is 13.4. The van der Waals surface area contributed by atoms with Crippen molar-refractivity contribution in [1.82, 2.24) is 0 Å². The van der Waals surface area contributed by atoms with Crippen LogP contribution in [0.3, 0.4) is 0 Å². The van der Waals surface area contributed by atoms with E-state index in [2.05, 4.69) is 16.7 Å². The van der Waals surface area contributed by atoms with Gasteiger partial charge in [-0.3, -0.25) is 4.79 Å². The van der Waals surface area contributed by atoms with Crippen LogP contribution >= 0.6 is 0 Å². The normalized spacial score (nSPS) is 20.6. The lowest BCUT2D eigenvalue weighted by atomic mass is 9.82. The SMILES string of the molecule is NC1(C(=O)Nc2ccc3c(c2)CCCN3)CCCCC1. The summed E-state index contributed by atoms with van der Waals surface area (Å²) in [6.45, 7) is 1.03. The van der Waals surface area contributed by atoms with Crippen molar-refractivity contribution in [1.29, 1.82) is 0 Å². The summed E-state index contributed by atoms with van der Waals surface area (Å²) in [6, 6.07) is 6.08. The maximum Gasteiger partial charge on any atom is 0.244 e. The van der Waals surface area contributed by atoms with Crippen LogP contribution < -0.4 is 16.4 Å². The molecule has 0 bridgehead atoms. The van der Waals surface area contributed by atoms with Crippen LogP contribution in [0.15, 0.2) is 18.2 Å². The number of amides is 1. The number of hydrogen-bond donors (Lipinski definition) is 3. The molecule has 1 aliphatic heterocycles. The third-order valence-corrected chi connectivity index (χ3v) is 4.50. The number of rotatable bonds is 2. The Bertz CT molecular complexity index is 506. The molecule has 1 fully saturated rings. The molecule has 0 saturated heterocycles. The van der Waals surface area contributed by atoms with Crippen molar-refractivity contribution in [3.63, 3.8) is 0 Å². The predicted molar refractivity (Wildman–Crippen MR) is 81.9 cm³/mol. The molecule has 20 heavy (non-hydrogen) atoms. The highest BCUT2D eigenvalue weighted by atomic mass is 16.2. The first-order valence-electron chi connectivity index (χ1n) is 7.65. The molecule has 1 aromatic rings. The Hall–Kier alpha value is -1.55. The zero-order chi connectivity index (χ0) is 14.0. The molecule has 0 spiro atoms. The van der Waals surface area contributed by atoms with Crippen molar-refractivity contribution in [3.05, 3.63) is 23.8 Å². The van der Waals surface area contributed by atoms with Gasteiger partial charge in [-0.25, -0.2) is 0 Å². The molecule has 4 nitrogen and oxygen atoms in total. The molecule has 4 N–H and O–H groups in total. The molecule has 1 aromatic carbocycles. The van der Waals surface area contributed by atoms with E-state index in [1.807, 2.05) is 12.1 Å². The average Bonchev–Trinajstić information content (AvgIpc) is 2.48. The predicted octanol–water partition coefficient (Wildman–Crippen LogP) is 2.64. The Morgan fingerprint density at radius 1 is 1.20 bits per heavy atom. The fourth-order valence-corrected chi connectivity index (χ4v) is 3.22. The van der Waals surface area contributed by atoms with E-state index in [9.17, 15) is 4.79 Å². The number of benzene rings is 1. The minimum Gasteiger partial charge on any atom is -0.385 e. The smallest absolute Gasteiger partial charge is 0.244 e. The van der Waals surface area contributed by atoms with Gasteiger partial charge in [0.25, 0.3) is 0 Å². The maximum atomic E-state index is 12.4. The van der Waals surface area contributed by atoms with Gasteiger partial charge in [-0.15, -0.1) is 0 Å². The summed E-state index contributed by atoms with van der Waals surface area (Å²) in [5.41, 5.74) is 8.93. The van der Waals surface area contributed by atoms with Crippen LogP contribution in [0.1, 0.15) is 44.1 Å². The molecule has 0 atom stereocenters. The largest absolute Gasteiger partial charge is 0.385 e. The van der Waals surface area contributed by atoms with E-state index in [-0.39, 0.29) is 5.91 Å². The third-order valence-electron chi connectivity index (χ3n) is 4.50. The van der Waals surface area contributed by atoms with Crippen LogP contribution in [0, 0.1) is 0 Å². The summed E-state index contributed by atoms with van der Waals surface area (Å²) in [6.07, 6.45) is 7.11. The molecule has 0 aromatic heterocycles. The van der Waals surface area contributed by atoms with Crippen molar-refractivity contribution in [2.75, 3.05) is 17.2 Å². The van der Waals surface area contributed by atoms with Crippen molar-refractivity contribution < 1.29 is 4.79 Å². The Labute approximate surface area is 120 Å². The number of aryl methyl sites for hydroxylation is 1. The molecule has 2 aliphatic rings. The lowest BCUT2D eigenvalue weighted by molar-refractivity contribution is -0.122. The van der Waals surface area contributed by atoms with Gasteiger partial charge in [0.1, 0.15) is 0 Å². The highest BCUT2D eigenvalue weighted by Gasteiger charge is 2.35. The molecule has 1 aliphatic carbocycles. The van der Waals surface area contributed by atoms with Gasteiger partial charge in [0, 0.05) is 17.9 Å². The quantitative estimate of drug-likeness (QED) is 0.776. The first-order valence-corrected chi connectivity index (χ1v) is 7.65. The molecule has 0 radical (unpaired) electrons. The number of fused-ring (bicyclic) bond motifs is 1. The van der Waals surface area contributed by atoms with E-state index in [0.29, 0.717) is 0 Å². The molecule has 1 heterocycles. The molecule has 4 heteroatoms. The molecular weight excluding hydrogens is 250 g/mol. The van der Waals surface area contributed by atoms with Gasteiger partial charge in [0.2, 0.25) is 5.91 Å². The van der Waals surface area contributed by atoms with E-state index in [4.69, 9.17) is 5.73 Å². The Morgan fingerprint density at radius 3 is 2.80 bits per heavy atom. The van der Waals surface area contributed by atoms with E-state index >= 15 is 0 Å². The van der Waals surface area contributed by atoms with E-state index < -0.39 is 5.54 Å². The van der Waals surface area contributed by atoms with Gasteiger partial charge < -0.3 is 16.4 Å². The van der Waals surface area contributed by atoms with E-state index in [1.54, 1.807) is 0 Å². The standard InChI is InChI=1S/C16H23N3O/c17-16(8-2-1-3-9-16)15(20)19-13-6-7-14-12(11-13)5-4-10-18-14/h6-7,11,18H,1-5,8-10,17H2,(H,19,20). The van der Waals surface area contributed by atoms with Gasteiger partial charge in [0.15, 0.2) is 0 Å². The second-order valence-corrected chi connectivity index (χ2v) is 6.07. The number of carbonyl (C=O) groups excluding carboxylic acids is 1. The minimum absolute atomic E-state index is 0.0269. The van der Waals surface area contributed by atoms with Crippen LogP contribution in [-0.2, 0) is 11.2 Å². The number of nitrogens with one attached hydrogen (secondary N) is 2. The molecule has 108 valence electrons. The number of nitrogens with two attached hydrogens (primary N) is 1. The zero-order valence-corrected chi connectivity index (χ0v) is 11.9. The van der Waals surface area contributed by atoms with Crippen LogP contribution in [0.5, 0.6) is 0 Å². The summed E-state index contributed by atoms with van der Waals surface area (Å²) in [5, 5.41) is 6.39. The van der Waals surface area contributed by atoms with Crippen LogP contribution in [0.4, 0.5) is 11.4 Å². The zero-order valence-electron chi connectivity index (χ0n) is 11.9. The van der Waals surface area contributed by atoms with Crippen LogP contribution in [0.25, 0.3) is 0 Å². The minimum atomic E-state index is -0.674. The fourth-order valence-electron chi connectivity index (χ4n) is 3.22. The van der Waals surface area contributed by atoms with Gasteiger partial charge in [-0.05, 0) is 49.4 Å². The fraction of sp³-hybridized carbons (Fsp3) is 0.562. The average molecular weight is 273 g/mol. The Kier molecular flexibility index (Phi) is 3.66. The molecule has 1 amide bonds.